The summed E-state index contributed by atoms with van der Waals surface area (Å²) in [5, 5.41) is 0. The number of ether oxygens (including phenoxy) is 2. The molecule has 1 aromatic rings. The summed E-state index contributed by atoms with van der Waals surface area (Å²) in [6, 6.07) is 10.6. The molecule has 0 unspecified atom stereocenters. The lowest BCUT2D eigenvalue weighted by molar-refractivity contribution is -0.0956. The molecule has 0 amide bonds. The monoisotopic (exact) mass is 333 g/mol. The van der Waals surface area contributed by atoms with Crippen molar-refractivity contribution < 1.29 is 9.47 Å². The Morgan fingerprint density at radius 2 is 1.28 bits per heavy atom. The van der Waals surface area contributed by atoms with Crippen molar-refractivity contribution in [3.8, 4) is 0 Å². The fourth-order valence-corrected chi connectivity index (χ4v) is 4.90. The molecule has 25 heavy (non-hydrogen) atoms. The molecule has 3 aliphatic heterocycles. The van der Waals surface area contributed by atoms with Crippen LogP contribution in [0.3, 0.4) is 0 Å². The Kier molecular flexibility index (Phi) is 2.74. The SMILES string of the molecule is CC1=CC2=C3CN(c4ccccc4)CC3=C3C=C(C)O[C@@]3(C)[C@]2(C)O1. The van der Waals surface area contributed by atoms with Crippen LogP contribution >= 0.6 is 0 Å². The zero-order valence-electron chi connectivity index (χ0n) is 15.2. The topological polar surface area (TPSA) is 21.7 Å². The van der Waals surface area contributed by atoms with Gasteiger partial charge >= 0.3 is 0 Å². The van der Waals surface area contributed by atoms with Gasteiger partial charge in [-0.3, -0.25) is 0 Å². The summed E-state index contributed by atoms with van der Waals surface area (Å²) < 4.78 is 12.7. The first kappa shape index (κ1) is 14.9. The smallest absolute Gasteiger partial charge is 0.174 e. The van der Waals surface area contributed by atoms with E-state index in [4.69, 9.17) is 9.47 Å². The lowest BCUT2D eigenvalue weighted by Gasteiger charge is -2.45. The molecular formula is C22H23NO2. The maximum atomic E-state index is 6.36. The van der Waals surface area contributed by atoms with Crippen molar-refractivity contribution in [3.05, 3.63) is 76.3 Å². The molecule has 1 aliphatic carbocycles. The molecule has 5 rings (SSSR count). The number of hydrogen-bond acceptors (Lipinski definition) is 3. The molecular weight excluding hydrogens is 310 g/mol. The average Bonchev–Trinajstić information content (AvgIpc) is 3.22. The molecule has 1 saturated heterocycles. The van der Waals surface area contributed by atoms with Gasteiger partial charge in [0.1, 0.15) is 0 Å². The number of benzene rings is 1. The Morgan fingerprint density at radius 3 is 1.76 bits per heavy atom. The van der Waals surface area contributed by atoms with Gasteiger partial charge in [-0.05, 0) is 63.1 Å². The van der Waals surface area contributed by atoms with E-state index in [9.17, 15) is 0 Å². The highest BCUT2D eigenvalue weighted by molar-refractivity contribution is 5.69. The minimum Gasteiger partial charge on any atom is -0.483 e. The lowest BCUT2D eigenvalue weighted by Crippen LogP contribution is -2.54. The first-order valence-electron chi connectivity index (χ1n) is 8.95. The third-order valence-corrected chi connectivity index (χ3v) is 6.20. The van der Waals surface area contributed by atoms with E-state index in [1.165, 1.54) is 28.0 Å². The van der Waals surface area contributed by atoms with Gasteiger partial charge < -0.3 is 14.4 Å². The Morgan fingerprint density at radius 1 is 0.800 bits per heavy atom. The third-order valence-electron chi connectivity index (χ3n) is 6.20. The predicted molar refractivity (Wildman–Crippen MR) is 99.2 cm³/mol. The van der Waals surface area contributed by atoms with Crippen LogP contribution in [0.2, 0.25) is 0 Å². The van der Waals surface area contributed by atoms with Crippen LogP contribution in [0.5, 0.6) is 0 Å². The van der Waals surface area contributed by atoms with Gasteiger partial charge in [0.05, 0.1) is 11.5 Å². The molecule has 0 saturated carbocycles. The molecule has 1 aromatic carbocycles. The fraction of sp³-hybridized carbons (Fsp3) is 0.364. The van der Waals surface area contributed by atoms with E-state index in [0.717, 1.165) is 24.6 Å². The number of nitrogens with zero attached hydrogens (tertiary/aromatic N) is 1. The summed E-state index contributed by atoms with van der Waals surface area (Å²) in [5.74, 6) is 1.94. The van der Waals surface area contributed by atoms with Crippen LogP contribution in [-0.2, 0) is 9.47 Å². The van der Waals surface area contributed by atoms with Crippen molar-refractivity contribution in [1.29, 1.82) is 0 Å². The Bertz CT molecular complexity index is 849. The Labute approximate surface area is 148 Å². The van der Waals surface area contributed by atoms with Crippen molar-refractivity contribution in [3.63, 3.8) is 0 Å². The van der Waals surface area contributed by atoms with Crippen LogP contribution in [0.15, 0.2) is 76.3 Å². The van der Waals surface area contributed by atoms with Gasteiger partial charge in [0.15, 0.2) is 11.2 Å². The van der Waals surface area contributed by atoms with Gasteiger partial charge in [0.25, 0.3) is 0 Å². The van der Waals surface area contributed by atoms with Crippen molar-refractivity contribution in [2.24, 2.45) is 0 Å². The molecule has 0 radical (unpaired) electrons. The van der Waals surface area contributed by atoms with Crippen molar-refractivity contribution in [2.45, 2.75) is 38.9 Å². The largest absolute Gasteiger partial charge is 0.483 e. The van der Waals surface area contributed by atoms with Gasteiger partial charge in [-0.2, -0.15) is 0 Å². The minimum absolute atomic E-state index is 0.466. The van der Waals surface area contributed by atoms with Crippen LogP contribution in [-0.4, -0.2) is 24.3 Å². The van der Waals surface area contributed by atoms with Crippen molar-refractivity contribution >= 4 is 5.69 Å². The number of rotatable bonds is 1. The predicted octanol–water partition coefficient (Wildman–Crippen LogP) is 4.50. The average molecular weight is 333 g/mol. The Hall–Kier alpha value is -2.42. The molecule has 0 bridgehead atoms. The van der Waals surface area contributed by atoms with Crippen molar-refractivity contribution in [1.82, 2.24) is 0 Å². The molecule has 0 spiro atoms. The summed E-state index contributed by atoms with van der Waals surface area (Å²) >= 11 is 0. The van der Waals surface area contributed by atoms with Crippen LogP contribution in [0.4, 0.5) is 5.69 Å². The number of fused-ring (bicyclic) bond motifs is 4. The van der Waals surface area contributed by atoms with Gasteiger partial charge in [0, 0.05) is 29.9 Å². The summed E-state index contributed by atoms with van der Waals surface area (Å²) in [4.78, 5) is 2.44. The molecule has 4 aliphatic rings. The van der Waals surface area contributed by atoms with Crippen LogP contribution in [0.1, 0.15) is 27.7 Å². The fourth-order valence-electron chi connectivity index (χ4n) is 4.90. The minimum atomic E-state index is -0.466. The van der Waals surface area contributed by atoms with E-state index in [0.29, 0.717) is 0 Å². The first-order valence-corrected chi connectivity index (χ1v) is 8.95. The maximum Gasteiger partial charge on any atom is 0.174 e. The molecule has 3 heterocycles. The van der Waals surface area contributed by atoms with E-state index >= 15 is 0 Å². The van der Waals surface area contributed by atoms with Gasteiger partial charge in [-0.1, -0.05) is 18.2 Å². The van der Waals surface area contributed by atoms with Crippen LogP contribution in [0.25, 0.3) is 0 Å². The Balaban J connectivity index is 1.72. The highest BCUT2D eigenvalue weighted by Gasteiger charge is 2.61. The van der Waals surface area contributed by atoms with Gasteiger partial charge in [0.2, 0.25) is 0 Å². The van der Waals surface area contributed by atoms with E-state index < -0.39 is 11.2 Å². The molecule has 1 fully saturated rings. The zero-order chi connectivity index (χ0) is 17.4. The number of hydrogen-bond donors (Lipinski definition) is 0. The second-order valence-electron chi connectivity index (χ2n) is 7.76. The number of para-hydroxylation sites is 1. The van der Waals surface area contributed by atoms with Gasteiger partial charge in [-0.25, -0.2) is 0 Å². The summed E-state index contributed by atoms with van der Waals surface area (Å²) in [6.07, 6.45) is 4.42. The van der Waals surface area contributed by atoms with E-state index in [2.05, 4.69) is 61.2 Å². The first-order chi connectivity index (χ1) is 11.9. The third kappa shape index (κ3) is 1.76. The maximum absolute atomic E-state index is 6.36. The van der Waals surface area contributed by atoms with Gasteiger partial charge in [-0.15, -0.1) is 0 Å². The van der Waals surface area contributed by atoms with Crippen molar-refractivity contribution in [2.75, 3.05) is 18.0 Å². The highest BCUT2D eigenvalue weighted by Crippen LogP contribution is 2.57. The van der Waals surface area contributed by atoms with E-state index in [1.807, 2.05) is 13.8 Å². The standard InChI is InChI=1S/C22H23NO2/c1-14-10-19-17-12-23(16-8-6-5-7-9-16)13-18(17)20-11-15(2)25-22(20,4)21(19,3)24-14/h5-11H,12-13H2,1-4H3/t21-,22-/m1/s1. The number of anilines is 1. The summed E-state index contributed by atoms with van der Waals surface area (Å²) in [7, 11) is 0. The normalized spacial score (nSPS) is 32.7. The molecule has 3 nitrogen and oxygen atoms in total. The highest BCUT2D eigenvalue weighted by atomic mass is 16.6. The number of allylic oxidation sites excluding steroid dienone is 2. The molecule has 3 heteroatoms. The molecule has 0 aromatic heterocycles. The summed E-state index contributed by atoms with van der Waals surface area (Å²) in [5.41, 5.74) is 5.72. The molecule has 0 N–H and O–H groups in total. The quantitative estimate of drug-likeness (QED) is 0.755. The van der Waals surface area contributed by atoms with E-state index in [-0.39, 0.29) is 0 Å². The second-order valence-corrected chi connectivity index (χ2v) is 7.76. The van der Waals surface area contributed by atoms with Crippen LogP contribution in [0, 0.1) is 0 Å². The lowest BCUT2D eigenvalue weighted by atomic mass is 9.68. The molecule has 128 valence electrons. The molecule has 2 atom stereocenters. The van der Waals surface area contributed by atoms with E-state index in [1.54, 1.807) is 0 Å². The van der Waals surface area contributed by atoms with Crippen LogP contribution < -0.4 is 4.90 Å². The second kappa shape index (κ2) is 4.60. The zero-order valence-corrected chi connectivity index (χ0v) is 15.2. The summed E-state index contributed by atoms with van der Waals surface area (Å²) in [6.45, 7) is 10.3.